The molecular formula is C19H19N3O2S. The van der Waals surface area contributed by atoms with E-state index in [0.717, 1.165) is 36.5 Å². The van der Waals surface area contributed by atoms with Crippen molar-refractivity contribution in [3.8, 4) is 11.8 Å². The Morgan fingerprint density at radius 1 is 1.40 bits per heavy atom. The molecule has 2 heterocycles. The Balaban J connectivity index is 1.74. The average Bonchev–Trinajstić information content (AvgIpc) is 2.65. The number of aromatic nitrogens is 1. The Morgan fingerprint density at radius 2 is 2.16 bits per heavy atom. The van der Waals surface area contributed by atoms with Crippen LogP contribution in [0.3, 0.4) is 0 Å². The number of ketones is 1. The molecule has 0 radical (unpaired) electrons. The van der Waals surface area contributed by atoms with E-state index in [1.54, 1.807) is 31.4 Å². The monoisotopic (exact) mass is 353 g/mol. The summed E-state index contributed by atoms with van der Waals surface area (Å²) in [6, 6.07) is 11.2. The first kappa shape index (κ1) is 17.5. The molecule has 0 saturated carbocycles. The Hall–Kier alpha value is -2.36. The van der Waals surface area contributed by atoms with Crippen LogP contribution >= 0.6 is 11.8 Å². The van der Waals surface area contributed by atoms with E-state index >= 15 is 0 Å². The van der Waals surface area contributed by atoms with E-state index in [-0.39, 0.29) is 11.5 Å². The maximum Gasteiger partial charge on any atom is 0.173 e. The second kappa shape index (κ2) is 7.68. The first-order valence-electron chi connectivity index (χ1n) is 8.02. The van der Waals surface area contributed by atoms with Gasteiger partial charge in [0.2, 0.25) is 0 Å². The van der Waals surface area contributed by atoms with Gasteiger partial charge >= 0.3 is 0 Å². The molecule has 0 fully saturated rings. The zero-order valence-electron chi connectivity index (χ0n) is 14.3. The molecule has 1 aromatic carbocycles. The van der Waals surface area contributed by atoms with Gasteiger partial charge in [0.05, 0.1) is 18.4 Å². The summed E-state index contributed by atoms with van der Waals surface area (Å²) in [7, 11) is 3.65. The van der Waals surface area contributed by atoms with Crippen molar-refractivity contribution in [2.45, 2.75) is 18.0 Å². The highest BCUT2D eigenvalue weighted by Gasteiger charge is 2.18. The summed E-state index contributed by atoms with van der Waals surface area (Å²) in [5.74, 6) is 0.986. The standard InChI is InChI=1S/C19H19N3O2S/c1-22-8-7-17-15(11-22)9-14(10-20)19(21-17)25-12-18(23)13-3-5-16(24-2)6-4-13/h3-6,9H,7-8,11-12H2,1-2H3. The van der Waals surface area contributed by atoms with Crippen molar-refractivity contribution in [2.75, 3.05) is 26.5 Å². The van der Waals surface area contributed by atoms with E-state index in [1.165, 1.54) is 11.8 Å². The number of Topliss-reactive ketones (excluding diaryl/α,β-unsaturated/α-hetero) is 1. The molecular weight excluding hydrogens is 334 g/mol. The fourth-order valence-corrected chi connectivity index (χ4v) is 3.65. The Kier molecular flexibility index (Phi) is 5.37. The molecule has 128 valence electrons. The summed E-state index contributed by atoms with van der Waals surface area (Å²) in [6.07, 6.45) is 0.873. The first-order valence-corrected chi connectivity index (χ1v) is 9.00. The number of rotatable bonds is 5. The molecule has 0 spiro atoms. The molecule has 0 aliphatic carbocycles. The number of likely N-dealkylation sites (N-methyl/N-ethyl adjacent to an activating group) is 1. The van der Waals surface area contributed by atoms with E-state index in [4.69, 9.17) is 4.74 Å². The number of hydrogen-bond acceptors (Lipinski definition) is 6. The van der Waals surface area contributed by atoms with Crippen LogP contribution in [0.5, 0.6) is 5.75 Å². The van der Waals surface area contributed by atoms with Gasteiger partial charge in [0, 0.05) is 30.8 Å². The van der Waals surface area contributed by atoms with Gasteiger partial charge in [0.1, 0.15) is 16.8 Å². The number of ether oxygens (including phenoxy) is 1. The van der Waals surface area contributed by atoms with Gasteiger partial charge in [-0.05, 0) is 42.9 Å². The summed E-state index contributed by atoms with van der Waals surface area (Å²) in [5.41, 5.74) is 3.32. The number of pyridine rings is 1. The summed E-state index contributed by atoms with van der Waals surface area (Å²) >= 11 is 1.33. The molecule has 1 aromatic heterocycles. The molecule has 0 bridgehead atoms. The van der Waals surface area contributed by atoms with Gasteiger partial charge < -0.3 is 9.64 Å². The van der Waals surface area contributed by atoms with Gasteiger partial charge in [-0.2, -0.15) is 5.26 Å². The minimum absolute atomic E-state index is 0.01000. The largest absolute Gasteiger partial charge is 0.497 e. The summed E-state index contributed by atoms with van der Waals surface area (Å²) in [4.78, 5) is 19.2. The molecule has 5 nitrogen and oxygen atoms in total. The molecule has 0 unspecified atom stereocenters. The van der Waals surface area contributed by atoms with Gasteiger partial charge in [-0.1, -0.05) is 11.8 Å². The average molecular weight is 353 g/mol. The highest BCUT2D eigenvalue weighted by Crippen LogP contribution is 2.26. The lowest BCUT2D eigenvalue weighted by molar-refractivity contribution is 0.102. The number of carbonyl (C=O) groups is 1. The lowest BCUT2D eigenvalue weighted by atomic mass is 10.0. The van der Waals surface area contributed by atoms with Crippen molar-refractivity contribution in [1.82, 2.24) is 9.88 Å². The zero-order valence-corrected chi connectivity index (χ0v) is 15.1. The van der Waals surface area contributed by atoms with Crippen LogP contribution in [-0.2, 0) is 13.0 Å². The molecule has 1 aliphatic rings. The molecule has 25 heavy (non-hydrogen) atoms. The third-order valence-corrected chi connectivity index (χ3v) is 5.19. The fourth-order valence-electron chi connectivity index (χ4n) is 2.78. The third-order valence-electron chi connectivity index (χ3n) is 4.20. The lowest BCUT2D eigenvalue weighted by Crippen LogP contribution is -2.27. The van der Waals surface area contributed by atoms with E-state index in [0.29, 0.717) is 16.2 Å². The predicted octanol–water partition coefficient (Wildman–Crippen LogP) is 2.92. The first-order chi connectivity index (χ1) is 12.1. The minimum Gasteiger partial charge on any atom is -0.497 e. The van der Waals surface area contributed by atoms with E-state index < -0.39 is 0 Å². The maximum absolute atomic E-state index is 12.4. The number of fused-ring (bicyclic) bond motifs is 1. The summed E-state index contributed by atoms with van der Waals surface area (Å²) in [6.45, 7) is 1.77. The van der Waals surface area contributed by atoms with Crippen LogP contribution in [-0.4, -0.2) is 42.1 Å². The van der Waals surface area contributed by atoms with Crippen LogP contribution < -0.4 is 4.74 Å². The Bertz CT molecular complexity index is 828. The Labute approximate surface area is 151 Å². The SMILES string of the molecule is COc1ccc(C(=O)CSc2nc3c(cc2C#N)CN(C)CC3)cc1. The van der Waals surface area contributed by atoms with Gasteiger partial charge in [-0.15, -0.1) is 0 Å². The van der Waals surface area contributed by atoms with Gasteiger partial charge in [-0.3, -0.25) is 4.79 Å². The molecule has 1 aliphatic heterocycles. The third kappa shape index (κ3) is 4.01. The van der Waals surface area contributed by atoms with Crippen LogP contribution in [0.2, 0.25) is 0 Å². The van der Waals surface area contributed by atoms with Crippen LogP contribution in [0.4, 0.5) is 0 Å². The molecule has 2 aromatic rings. The van der Waals surface area contributed by atoms with Crippen molar-refractivity contribution < 1.29 is 9.53 Å². The van der Waals surface area contributed by atoms with Crippen molar-refractivity contribution in [3.63, 3.8) is 0 Å². The predicted molar refractivity (Wildman–Crippen MR) is 97.0 cm³/mol. The van der Waals surface area contributed by atoms with E-state index in [2.05, 4.69) is 23.0 Å². The highest BCUT2D eigenvalue weighted by atomic mass is 32.2. The smallest absolute Gasteiger partial charge is 0.173 e. The minimum atomic E-state index is 0.01000. The van der Waals surface area contributed by atoms with Crippen LogP contribution in [0.1, 0.15) is 27.2 Å². The number of carbonyl (C=O) groups excluding carboxylic acids is 1. The molecule has 6 heteroatoms. The fraction of sp³-hybridized carbons (Fsp3) is 0.316. The number of nitrogens with zero attached hydrogens (tertiary/aromatic N) is 3. The number of nitriles is 1. The second-order valence-electron chi connectivity index (χ2n) is 5.99. The van der Waals surface area contributed by atoms with E-state index in [9.17, 15) is 10.1 Å². The van der Waals surface area contributed by atoms with E-state index in [1.807, 2.05) is 6.07 Å². The normalized spacial score (nSPS) is 13.8. The van der Waals surface area contributed by atoms with Crippen molar-refractivity contribution >= 4 is 17.5 Å². The number of methoxy groups -OCH3 is 1. The van der Waals surface area contributed by atoms with Crippen LogP contribution in [0.25, 0.3) is 0 Å². The van der Waals surface area contributed by atoms with Crippen LogP contribution in [0.15, 0.2) is 35.4 Å². The lowest BCUT2D eigenvalue weighted by Gasteiger charge is -2.24. The quantitative estimate of drug-likeness (QED) is 0.608. The number of thioether (sulfide) groups is 1. The van der Waals surface area contributed by atoms with Crippen LogP contribution in [0, 0.1) is 11.3 Å². The highest BCUT2D eigenvalue weighted by molar-refractivity contribution is 8.00. The summed E-state index contributed by atoms with van der Waals surface area (Å²) in [5, 5.41) is 10.1. The maximum atomic E-state index is 12.4. The molecule has 0 N–H and O–H groups in total. The van der Waals surface area contributed by atoms with Crippen molar-refractivity contribution in [3.05, 3.63) is 52.7 Å². The summed E-state index contributed by atoms with van der Waals surface area (Å²) < 4.78 is 5.10. The number of benzene rings is 1. The molecule has 3 rings (SSSR count). The van der Waals surface area contributed by atoms with Gasteiger partial charge in [0.25, 0.3) is 0 Å². The molecule has 0 amide bonds. The zero-order chi connectivity index (χ0) is 17.8. The van der Waals surface area contributed by atoms with Gasteiger partial charge in [-0.25, -0.2) is 4.98 Å². The van der Waals surface area contributed by atoms with Crippen molar-refractivity contribution in [1.29, 1.82) is 5.26 Å². The van der Waals surface area contributed by atoms with Crippen molar-refractivity contribution in [2.24, 2.45) is 0 Å². The number of hydrogen-bond donors (Lipinski definition) is 0. The topological polar surface area (TPSA) is 66.2 Å². The van der Waals surface area contributed by atoms with Gasteiger partial charge in [0.15, 0.2) is 5.78 Å². The Morgan fingerprint density at radius 3 is 2.84 bits per heavy atom. The second-order valence-corrected chi connectivity index (χ2v) is 6.95. The molecule has 0 saturated heterocycles. The molecule has 0 atom stereocenters.